The van der Waals surface area contributed by atoms with Crippen LogP contribution >= 0.6 is 0 Å². The smallest absolute Gasteiger partial charge is 0.240 e. The van der Waals surface area contributed by atoms with Crippen molar-refractivity contribution in [3.05, 3.63) is 0 Å². The number of likely N-dealkylation sites (tertiary alicyclic amines) is 1. The maximum absolute atomic E-state index is 12.9. The maximum Gasteiger partial charge on any atom is 0.240 e. The van der Waals surface area contributed by atoms with Crippen LogP contribution in [0.25, 0.3) is 0 Å². The van der Waals surface area contributed by atoms with Crippen LogP contribution in [-0.2, 0) is 9.59 Å². The van der Waals surface area contributed by atoms with E-state index in [4.69, 9.17) is 0 Å². The Morgan fingerprint density at radius 3 is 2.66 bits per heavy atom. The molecule has 7 atom stereocenters. The molecule has 0 aromatic heterocycles. The Kier molecular flexibility index (Phi) is 4.63. The van der Waals surface area contributed by atoms with Crippen LogP contribution in [-0.4, -0.2) is 58.1 Å². The lowest BCUT2D eigenvalue weighted by atomic mass is 9.51. The Labute approximate surface area is 172 Å². The fourth-order valence-corrected chi connectivity index (χ4v) is 7.49. The molecular weight excluding hydrogens is 368 g/mol. The van der Waals surface area contributed by atoms with Crippen molar-refractivity contribution in [1.82, 2.24) is 15.5 Å². The Morgan fingerprint density at radius 2 is 1.97 bits per heavy atom. The zero-order chi connectivity index (χ0) is 20.2. The lowest BCUT2D eigenvalue weighted by Gasteiger charge is -2.60. The fraction of sp³-hybridized carbons (Fsp3) is 0.864. The molecule has 7 heteroatoms. The Hall–Kier alpha value is -1.65. The van der Waals surface area contributed by atoms with Gasteiger partial charge in [-0.3, -0.25) is 9.59 Å². The highest BCUT2D eigenvalue weighted by molar-refractivity contribution is 5.83. The molecule has 4 aliphatic carbocycles. The second-order valence-electron chi connectivity index (χ2n) is 10.6. The molecule has 2 unspecified atom stereocenters. The van der Waals surface area contributed by atoms with Gasteiger partial charge in [-0.2, -0.15) is 5.26 Å². The fourth-order valence-electron chi connectivity index (χ4n) is 7.49. The Balaban J connectivity index is 1.16. The van der Waals surface area contributed by atoms with E-state index in [9.17, 15) is 20.0 Å². The van der Waals surface area contributed by atoms with E-state index in [0.29, 0.717) is 44.2 Å². The van der Waals surface area contributed by atoms with Crippen LogP contribution in [0.5, 0.6) is 0 Å². The van der Waals surface area contributed by atoms with Gasteiger partial charge in [-0.25, -0.2) is 0 Å². The first-order valence-electron chi connectivity index (χ1n) is 11.3. The minimum Gasteiger partial charge on any atom is -0.390 e. The number of carbonyl (C=O) groups is 2. The number of hydrogen-bond donors (Lipinski definition) is 3. The average Bonchev–Trinajstić information content (AvgIpc) is 3.27. The number of aliphatic hydroxyl groups is 1. The molecule has 4 saturated carbocycles. The predicted molar refractivity (Wildman–Crippen MR) is 105 cm³/mol. The van der Waals surface area contributed by atoms with Crippen molar-refractivity contribution in [2.45, 2.75) is 87.4 Å². The maximum atomic E-state index is 12.9. The van der Waals surface area contributed by atoms with Crippen molar-refractivity contribution in [2.24, 2.45) is 17.8 Å². The molecule has 2 heterocycles. The predicted octanol–water partition coefficient (Wildman–Crippen LogP) is 1.07. The first-order chi connectivity index (χ1) is 13.9. The van der Waals surface area contributed by atoms with Gasteiger partial charge in [0, 0.05) is 18.5 Å². The summed E-state index contributed by atoms with van der Waals surface area (Å²) in [5, 5.41) is 26.7. The third-order valence-electron chi connectivity index (χ3n) is 8.11. The summed E-state index contributed by atoms with van der Waals surface area (Å²) in [4.78, 5) is 27.3. The first kappa shape index (κ1) is 19.3. The highest BCUT2D eigenvalue weighted by Crippen LogP contribution is 2.57. The lowest BCUT2D eigenvalue weighted by Crippen LogP contribution is -2.65. The molecule has 6 fully saturated rings. The van der Waals surface area contributed by atoms with Gasteiger partial charge < -0.3 is 20.6 Å². The molecule has 0 spiro atoms. The van der Waals surface area contributed by atoms with Crippen LogP contribution < -0.4 is 10.6 Å². The van der Waals surface area contributed by atoms with Crippen LogP contribution in [0, 0.1) is 29.1 Å². The van der Waals surface area contributed by atoms with Gasteiger partial charge in [-0.1, -0.05) is 0 Å². The highest BCUT2D eigenvalue weighted by Gasteiger charge is 2.57. The van der Waals surface area contributed by atoms with E-state index >= 15 is 0 Å². The number of rotatable bonds is 4. The normalized spacial score (nSPS) is 45.4. The van der Waals surface area contributed by atoms with Gasteiger partial charge in [0.2, 0.25) is 11.8 Å². The topological polar surface area (TPSA) is 105 Å². The van der Waals surface area contributed by atoms with Crippen LogP contribution in [0.2, 0.25) is 0 Å². The largest absolute Gasteiger partial charge is 0.390 e. The number of hydrogen-bond acceptors (Lipinski definition) is 5. The summed E-state index contributed by atoms with van der Waals surface area (Å²) in [5.41, 5.74) is -0.788. The van der Waals surface area contributed by atoms with Gasteiger partial charge in [0.15, 0.2) is 0 Å². The number of nitrogens with zero attached hydrogens (tertiary/aromatic N) is 2. The van der Waals surface area contributed by atoms with Gasteiger partial charge in [0.05, 0.1) is 17.7 Å². The summed E-state index contributed by atoms with van der Waals surface area (Å²) in [5.74, 6) is 1.31. The molecule has 0 radical (unpaired) electrons. The quantitative estimate of drug-likeness (QED) is 0.655. The zero-order valence-corrected chi connectivity index (χ0v) is 17.0. The minimum absolute atomic E-state index is 0.0141. The Bertz CT molecular complexity index is 733. The number of amides is 2. The standard InChI is InChI=1S/C22H32N4O3/c23-11-17-2-1-3-26(17)20(28)18-5-14(12-24-18)6-19(27)25-21-7-15-4-16(8-21)10-22(29,9-15)13-21/h14-18,24,29H,1-10,12-13H2,(H,25,27)/t14-,15-,16+,17+,18+,21?,22?/m1/s1. The van der Waals surface area contributed by atoms with Crippen molar-refractivity contribution in [1.29, 1.82) is 5.26 Å². The van der Waals surface area contributed by atoms with Gasteiger partial charge in [-0.15, -0.1) is 0 Å². The van der Waals surface area contributed by atoms with E-state index in [-0.39, 0.29) is 35.4 Å². The van der Waals surface area contributed by atoms with Crippen molar-refractivity contribution in [3.8, 4) is 6.07 Å². The van der Waals surface area contributed by atoms with Crippen molar-refractivity contribution < 1.29 is 14.7 Å². The molecule has 6 aliphatic rings. The van der Waals surface area contributed by atoms with E-state index in [0.717, 1.165) is 38.5 Å². The summed E-state index contributed by atoms with van der Waals surface area (Å²) in [6, 6.07) is 1.66. The molecule has 6 rings (SSSR count). The molecule has 0 aromatic rings. The SMILES string of the molecule is N#C[C@@H]1CCCN1C(=O)[C@@H]1C[C@H](CC(=O)NC23C[C@@H]4C[C@@H](CC(O)(C4)C2)C3)CN1. The van der Waals surface area contributed by atoms with E-state index in [1.165, 1.54) is 6.42 Å². The molecule has 7 nitrogen and oxygen atoms in total. The molecule has 158 valence electrons. The van der Waals surface area contributed by atoms with E-state index in [2.05, 4.69) is 16.7 Å². The number of nitriles is 1. The molecule has 2 saturated heterocycles. The van der Waals surface area contributed by atoms with E-state index < -0.39 is 5.60 Å². The summed E-state index contributed by atoms with van der Waals surface area (Å²) >= 11 is 0. The summed E-state index contributed by atoms with van der Waals surface area (Å²) in [6.07, 6.45) is 8.45. The summed E-state index contributed by atoms with van der Waals surface area (Å²) in [6.45, 7) is 1.32. The van der Waals surface area contributed by atoms with Crippen LogP contribution in [0.15, 0.2) is 0 Å². The molecule has 0 aromatic carbocycles. The van der Waals surface area contributed by atoms with Crippen molar-refractivity contribution in [3.63, 3.8) is 0 Å². The van der Waals surface area contributed by atoms with Gasteiger partial charge in [0.1, 0.15) is 6.04 Å². The van der Waals surface area contributed by atoms with Crippen LogP contribution in [0.4, 0.5) is 0 Å². The lowest BCUT2D eigenvalue weighted by molar-refractivity contribution is -0.151. The van der Waals surface area contributed by atoms with Gasteiger partial charge in [-0.05, 0) is 82.1 Å². The van der Waals surface area contributed by atoms with Gasteiger partial charge in [0.25, 0.3) is 0 Å². The third kappa shape index (κ3) is 3.55. The summed E-state index contributed by atoms with van der Waals surface area (Å²) in [7, 11) is 0. The molecule has 2 aliphatic heterocycles. The second-order valence-corrected chi connectivity index (χ2v) is 10.6. The highest BCUT2D eigenvalue weighted by atomic mass is 16.3. The molecule has 3 N–H and O–H groups in total. The van der Waals surface area contributed by atoms with Crippen molar-refractivity contribution in [2.75, 3.05) is 13.1 Å². The minimum atomic E-state index is -0.573. The summed E-state index contributed by atoms with van der Waals surface area (Å²) < 4.78 is 0. The Morgan fingerprint density at radius 1 is 1.21 bits per heavy atom. The molecule has 4 bridgehead atoms. The van der Waals surface area contributed by atoms with E-state index in [1.807, 2.05) is 0 Å². The molecular formula is C22H32N4O3. The monoisotopic (exact) mass is 400 g/mol. The third-order valence-corrected chi connectivity index (χ3v) is 8.11. The zero-order valence-electron chi connectivity index (χ0n) is 17.0. The van der Waals surface area contributed by atoms with Crippen LogP contribution in [0.1, 0.15) is 64.2 Å². The first-order valence-corrected chi connectivity index (χ1v) is 11.3. The van der Waals surface area contributed by atoms with Crippen molar-refractivity contribution >= 4 is 11.8 Å². The average molecular weight is 401 g/mol. The molecule has 2 amide bonds. The second kappa shape index (κ2) is 6.95. The van der Waals surface area contributed by atoms with Gasteiger partial charge >= 0.3 is 0 Å². The molecule has 29 heavy (non-hydrogen) atoms. The number of nitrogens with one attached hydrogen (secondary N) is 2. The van der Waals surface area contributed by atoms with E-state index in [1.54, 1.807) is 4.90 Å². The van der Waals surface area contributed by atoms with Crippen LogP contribution in [0.3, 0.4) is 0 Å². The number of carbonyl (C=O) groups excluding carboxylic acids is 2.